The van der Waals surface area contributed by atoms with Crippen LogP contribution in [0.4, 0.5) is 11.6 Å². The number of anilines is 2. The van der Waals surface area contributed by atoms with Gasteiger partial charge < -0.3 is 9.47 Å². The van der Waals surface area contributed by atoms with Gasteiger partial charge in [0, 0.05) is 32.4 Å². The van der Waals surface area contributed by atoms with Crippen LogP contribution < -0.4 is 16.1 Å². The molecule has 0 radical (unpaired) electrons. The average molecular weight is 428 g/mol. The normalized spacial score (nSPS) is 16.1. The second-order valence-corrected chi connectivity index (χ2v) is 8.32. The number of fused-ring (bicyclic) bond motifs is 3. The van der Waals surface area contributed by atoms with Gasteiger partial charge in [-0.25, -0.2) is 4.79 Å². The number of rotatable bonds is 4. The molecule has 1 atom stereocenters. The van der Waals surface area contributed by atoms with E-state index in [4.69, 9.17) is 4.98 Å². The lowest BCUT2D eigenvalue weighted by Gasteiger charge is -2.32. The SMILES string of the molecule is CC1CN(c2ccccc2)c2nc3c(c(=O)n(C/C=C/c4ccccc4)c(=O)n3C)n2C1. The minimum absolute atomic E-state index is 0.203. The van der Waals surface area contributed by atoms with E-state index in [2.05, 4.69) is 11.8 Å². The maximum Gasteiger partial charge on any atom is 0.332 e. The number of aromatic nitrogens is 4. The molecular formula is C25H25N5O2. The molecule has 0 fully saturated rings. The standard InChI is InChI=1S/C25H25N5O2/c1-18-16-29(20-13-7-4-8-14-20)24-26-22-21(30(24)17-18)23(31)28(25(32)27(22)2)15-9-12-19-10-5-3-6-11-19/h3-14,18H,15-17H2,1-2H3/b12-9+. The summed E-state index contributed by atoms with van der Waals surface area (Å²) in [6.07, 6.45) is 3.76. The van der Waals surface area contributed by atoms with Gasteiger partial charge in [-0.1, -0.05) is 67.6 Å². The number of hydrogen-bond donors (Lipinski definition) is 0. The Morgan fingerprint density at radius 3 is 2.41 bits per heavy atom. The molecule has 3 heterocycles. The van der Waals surface area contributed by atoms with E-state index >= 15 is 0 Å². The Bertz CT molecular complexity index is 1410. The van der Waals surface area contributed by atoms with Crippen molar-refractivity contribution in [3.63, 3.8) is 0 Å². The number of aryl methyl sites for hydroxylation is 1. The van der Waals surface area contributed by atoms with Gasteiger partial charge in [-0.15, -0.1) is 0 Å². The summed E-state index contributed by atoms with van der Waals surface area (Å²) in [5, 5.41) is 0. The van der Waals surface area contributed by atoms with Gasteiger partial charge >= 0.3 is 5.69 Å². The van der Waals surface area contributed by atoms with E-state index in [0.717, 1.165) is 17.8 Å². The zero-order valence-electron chi connectivity index (χ0n) is 18.2. The highest BCUT2D eigenvalue weighted by molar-refractivity contribution is 5.77. The van der Waals surface area contributed by atoms with Crippen molar-refractivity contribution in [1.29, 1.82) is 0 Å². The molecule has 0 saturated heterocycles. The van der Waals surface area contributed by atoms with E-state index in [1.807, 2.05) is 77.4 Å². The van der Waals surface area contributed by atoms with Gasteiger partial charge in [-0.05, 0) is 23.6 Å². The van der Waals surface area contributed by atoms with E-state index in [-0.39, 0.29) is 17.8 Å². The minimum Gasteiger partial charge on any atom is -0.312 e. The topological polar surface area (TPSA) is 65.1 Å². The predicted octanol–water partition coefficient (Wildman–Crippen LogP) is 3.40. The molecule has 2 aromatic carbocycles. The molecule has 5 rings (SSSR count). The van der Waals surface area contributed by atoms with Gasteiger partial charge in [0.25, 0.3) is 5.56 Å². The van der Waals surface area contributed by atoms with Gasteiger partial charge in [-0.3, -0.25) is 13.9 Å². The fourth-order valence-electron chi connectivity index (χ4n) is 4.35. The largest absolute Gasteiger partial charge is 0.332 e. The maximum atomic E-state index is 13.5. The Hall–Kier alpha value is -3.87. The van der Waals surface area contributed by atoms with Crippen LogP contribution in [0.5, 0.6) is 0 Å². The predicted molar refractivity (Wildman–Crippen MR) is 127 cm³/mol. The van der Waals surface area contributed by atoms with Gasteiger partial charge in [0.2, 0.25) is 5.95 Å². The number of para-hydroxylation sites is 1. The molecule has 0 saturated carbocycles. The van der Waals surface area contributed by atoms with Crippen LogP contribution in [-0.4, -0.2) is 25.2 Å². The molecule has 162 valence electrons. The van der Waals surface area contributed by atoms with Gasteiger partial charge in [0.1, 0.15) is 0 Å². The van der Waals surface area contributed by atoms with E-state index in [9.17, 15) is 9.59 Å². The minimum atomic E-state index is -0.366. The molecule has 0 amide bonds. The van der Waals surface area contributed by atoms with E-state index < -0.39 is 0 Å². The maximum absolute atomic E-state index is 13.5. The third kappa shape index (κ3) is 3.36. The Kier molecular flexibility index (Phi) is 5.01. The third-order valence-electron chi connectivity index (χ3n) is 5.91. The monoisotopic (exact) mass is 427 g/mol. The first kappa shape index (κ1) is 20.1. The summed E-state index contributed by atoms with van der Waals surface area (Å²) in [4.78, 5) is 33.3. The van der Waals surface area contributed by atoms with Crippen molar-refractivity contribution < 1.29 is 0 Å². The van der Waals surface area contributed by atoms with Crippen LogP contribution in [0, 0.1) is 5.92 Å². The molecule has 1 unspecified atom stereocenters. The first-order valence-corrected chi connectivity index (χ1v) is 10.8. The molecule has 0 aliphatic carbocycles. The molecule has 1 aliphatic heterocycles. The summed E-state index contributed by atoms with van der Waals surface area (Å²) in [5.41, 5.74) is 2.27. The lowest BCUT2D eigenvalue weighted by molar-refractivity contribution is 0.458. The fourth-order valence-corrected chi connectivity index (χ4v) is 4.35. The Morgan fingerprint density at radius 2 is 1.69 bits per heavy atom. The van der Waals surface area contributed by atoms with Crippen LogP contribution in [-0.2, 0) is 20.1 Å². The van der Waals surface area contributed by atoms with Crippen LogP contribution in [0.3, 0.4) is 0 Å². The molecule has 4 aromatic rings. The summed E-state index contributed by atoms with van der Waals surface area (Å²) in [7, 11) is 1.68. The molecular weight excluding hydrogens is 402 g/mol. The van der Waals surface area contributed by atoms with Crippen LogP contribution in [0.25, 0.3) is 17.2 Å². The number of benzene rings is 2. The molecule has 32 heavy (non-hydrogen) atoms. The van der Waals surface area contributed by atoms with Gasteiger partial charge in [-0.2, -0.15) is 4.98 Å². The first-order valence-electron chi connectivity index (χ1n) is 10.8. The summed E-state index contributed by atoms with van der Waals surface area (Å²) in [6, 6.07) is 19.8. The summed E-state index contributed by atoms with van der Waals surface area (Å²) in [5.74, 6) is 1.03. The highest BCUT2D eigenvalue weighted by atomic mass is 16.2. The number of hydrogen-bond acceptors (Lipinski definition) is 4. The van der Waals surface area contributed by atoms with Gasteiger partial charge in [0.15, 0.2) is 11.2 Å². The van der Waals surface area contributed by atoms with Crippen molar-refractivity contribution >= 4 is 28.9 Å². The van der Waals surface area contributed by atoms with Crippen LogP contribution >= 0.6 is 0 Å². The summed E-state index contributed by atoms with van der Waals surface area (Å²) >= 11 is 0. The van der Waals surface area contributed by atoms with Crippen molar-refractivity contribution in [2.24, 2.45) is 13.0 Å². The molecule has 7 heteroatoms. The highest BCUT2D eigenvalue weighted by Gasteiger charge is 2.29. The second kappa shape index (κ2) is 8.00. The molecule has 0 bridgehead atoms. The fraction of sp³-hybridized carbons (Fsp3) is 0.240. The molecule has 2 aromatic heterocycles. The Morgan fingerprint density at radius 1 is 1.00 bits per heavy atom. The van der Waals surface area contributed by atoms with Crippen LogP contribution in [0.2, 0.25) is 0 Å². The number of imidazole rings is 1. The molecule has 0 spiro atoms. The van der Waals surface area contributed by atoms with Crippen molar-refractivity contribution in [3.05, 3.63) is 93.1 Å². The number of nitrogens with zero attached hydrogens (tertiary/aromatic N) is 5. The van der Waals surface area contributed by atoms with Crippen LogP contribution in [0.1, 0.15) is 12.5 Å². The zero-order chi connectivity index (χ0) is 22.2. The lowest BCUT2D eigenvalue weighted by Crippen LogP contribution is -2.40. The van der Waals surface area contributed by atoms with Crippen molar-refractivity contribution in [1.82, 2.24) is 18.7 Å². The van der Waals surface area contributed by atoms with E-state index in [0.29, 0.717) is 29.6 Å². The summed E-state index contributed by atoms with van der Waals surface area (Å²) < 4.78 is 4.73. The smallest absolute Gasteiger partial charge is 0.312 e. The second-order valence-electron chi connectivity index (χ2n) is 8.32. The Balaban J connectivity index is 1.64. The first-order chi connectivity index (χ1) is 15.5. The molecule has 0 N–H and O–H groups in total. The number of allylic oxidation sites excluding steroid dienone is 1. The zero-order valence-corrected chi connectivity index (χ0v) is 18.2. The quantitative estimate of drug-likeness (QED) is 0.501. The lowest BCUT2D eigenvalue weighted by atomic mass is 10.1. The Labute approximate surface area is 185 Å². The van der Waals surface area contributed by atoms with Crippen molar-refractivity contribution in [2.75, 3.05) is 11.4 Å². The summed E-state index contributed by atoms with van der Waals surface area (Å²) in [6.45, 7) is 3.85. The molecule has 7 nitrogen and oxygen atoms in total. The average Bonchev–Trinajstić information content (AvgIpc) is 3.20. The molecule has 1 aliphatic rings. The van der Waals surface area contributed by atoms with Gasteiger partial charge in [0.05, 0.1) is 0 Å². The highest BCUT2D eigenvalue weighted by Crippen LogP contribution is 2.32. The van der Waals surface area contributed by atoms with Crippen molar-refractivity contribution in [2.45, 2.75) is 20.0 Å². The van der Waals surface area contributed by atoms with E-state index in [1.165, 1.54) is 9.13 Å². The van der Waals surface area contributed by atoms with Crippen LogP contribution in [0.15, 0.2) is 76.3 Å². The van der Waals surface area contributed by atoms with E-state index in [1.54, 1.807) is 7.05 Å². The van der Waals surface area contributed by atoms with Crippen molar-refractivity contribution in [3.8, 4) is 0 Å². The third-order valence-corrected chi connectivity index (χ3v) is 5.91.